The van der Waals surface area contributed by atoms with Crippen LogP contribution >= 0.6 is 0 Å². The number of para-hydroxylation sites is 1. The fraction of sp³-hybridized carbons (Fsp3) is 0.0526. The molecule has 2 aromatic carbocycles. The number of hydrogen-bond donors (Lipinski definition) is 2. The van der Waals surface area contributed by atoms with E-state index in [4.69, 9.17) is 0 Å². The first-order valence-electron chi connectivity index (χ1n) is 7.68. The van der Waals surface area contributed by atoms with Crippen molar-refractivity contribution in [2.45, 2.75) is 0 Å². The third-order valence-corrected chi connectivity index (χ3v) is 4.34. The maximum absolute atomic E-state index is 12.6. The van der Waals surface area contributed by atoms with Crippen molar-refractivity contribution in [1.29, 1.82) is 5.26 Å². The van der Waals surface area contributed by atoms with Gasteiger partial charge in [-0.15, -0.1) is 0 Å². The summed E-state index contributed by atoms with van der Waals surface area (Å²) in [6.07, 6.45) is 4.34. The van der Waals surface area contributed by atoms with Crippen LogP contribution in [-0.4, -0.2) is 25.4 Å². The van der Waals surface area contributed by atoms with E-state index in [1.807, 2.05) is 30.3 Å². The van der Waals surface area contributed by atoms with Crippen LogP contribution in [0.3, 0.4) is 0 Å². The molecule has 1 heterocycles. The molecule has 0 saturated heterocycles. The quantitative estimate of drug-likeness (QED) is 0.411. The number of H-pyrrole nitrogens is 1. The zero-order valence-electron chi connectivity index (χ0n) is 13.9. The largest absolute Gasteiger partial charge is 0.361 e. The van der Waals surface area contributed by atoms with Crippen LogP contribution < -0.4 is 4.72 Å². The summed E-state index contributed by atoms with van der Waals surface area (Å²) < 4.78 is 24.8. The minimum Gasteiger partial charge on any atom is -0.361 e. The highest BCUT2D eigenvalue weighted by molar-refractivity contribution is 7.92. The van der Waals surface area contributed by atoms with Crippen molar-refractivity contribution in [3.63, 3.8) is 0 Å². The van der Waals surface area contributed by atoms with Gasteiger partial charge in [-0.1, -0.05) is 18.2 Å². The van der Waals surface area contributed by atoms with Gasteiger partial charge in [0.05, 0.1) is 6.26 Å². The number of carbonyl (C=O) groups excluding carboxylic acids is 1. The van der Waals surface area contributed by atoms with Gasteiger partial charge >= 0.3 is 0 Å². The van der Waals surface area contributed by atoms with Crippen LogP contribution in [0.2, 0.25) is 0 Å². The minimum absolute atomic E-state index is 0.00132. The molecular weight excluding hydrogens is 350 g/mol. The summed E-state index contributed by atoms with van der Waals surface area (Å²) in [5.41, 5.74) is 2.32. The van der Waals surface area contributed by atoms with E-state index < -0.39 is 15.8 Å². The SMILES string of the molecule is CS(=O)(=O)Nc1ccc(C(=O)C(C#N)=Cc2c[nH]c3ccccc23)cc1. The molecule has 2 N–H and O–H groups in total. The van der Waals surface area contributed by atoms with E-state index in [-0.39, 0.29) is 5.57 Å². The normalized spacial score (nSPS) is 11.9. The van der Waals surface area contributed by atoms with Gasteiger partial charge in [0.25, 0.3) is 0 Å². The number of fused-ring (bicyclic) bond motifs is 1. The Labute approximate surface area is 150 Å². The van der Waals surface area contributed by atoms with E-state index in [1.54, 1.807) is 12.3 Å². The van der Waals surface area contributed by atoms with Gasteiger partial charge < -0.3 is 4.98 Å². The van der Waals surface area contributed by atoms with Gasteiger partial charge in [0, 0.05) is 33.9 Å². The van der Waals surface area contributed by atoms with E-state index >= 15 is 0 Å². The number of carbonyl (C=O) groups is 1. The number of aromatic amines is 1. The number of aromatic nitrogens is 1. The summed E-state index contributed by atoms with van der Waals surface area (Å²) in [5.74, 6) is -0.427. The van der Waals surface area contributed by atoms with Crippen LogP contribution in [0, 0.1) is 11.3 Å². The molecule has 0 aliphatic rings. The number of sulfonamides is 1. The number of nitrogens with one attached hydrogen (secondary N) is 2. The fourth-order valence-electron chi connectivity index (χ4n) is 2.58. The molecule has 0 spiro atoms. The smallest absolute Gasteiger partial charge is 0.229 e. The second-order valence-corrected chi connectivity index (χ2v) is 7.49. The lowest BCUT2D eigenvalue weighted by atomic mass is 10.0. The first kappa shape index (κ1) is 17.5. The molecule has 6 nitrogen and oxygen atoms in total. The number of hydrogen-bond acceptors (Lipinski definition) is 4. The fourth-order valence-corrected chi connectivity index (χ4v) is 3.14. The molecule has 0 radical (unpaired) electrons. The Bertz CT molecular complexity index is 1150. The highest BCUT2D eigenvalue weighted by Crippen LogP contribution is 2.22. The van der Waals surface area contributed by atoms with E-state index in [9.17, 15) is 18.5 Å². The van der Waals surface area contributed by atoms with Crippen molar-refractivity contribution >= 4 is 38.5 Å². The summed E-state index contributed by atoms with van der Waals surface area (Å²) in [7, 11) is -3.39. The lowest BCUT2D eigenvalue weighted by Crippen LogP contribution is -2.09. The third kappa shape index (κ3) is 3.82. The molecule has 0 fully saturated rings. The Morgan fingerprint density at radius 3 is 2.50 bits per heavy atom. The van der Waals surface area contributed by atoms with Crippen molar-refractivity contribution in [3.8, 4) is 6.07 Å². The predicted molar refractivity (Wildman–Crippen MR) is 101 cm³/mol. The number of allylic oxidation sites excluding steroid dienone is 1. The summed E-state index contributed by atoms with van der Waals surface area (Å²) in [4.78, 5) is 15.7. The molecule has 26 heavy (non-hydrogen) atoms. The standard InChI is InChI=1S/C19H15N3O3S/c1-26(24,25)22-16-8-6-13(7-9-16)19(23)14(11-20)10-15-12-21-18-5-3-2-4-17(15)18/h2-10,12,21-22H,1H3. The molecule has 0 bridgehead atoms. The second kappa shape index (κ2) is 6.86. The predicted octanol–water partition coefficient (Wildman–Crippen LogP) is 3.33. The zero-order chi connectivity index (χ0) is 18.7. The van der Waals surface area contributed by atoms with Crippen LogP contribution in [-0.2, 0) is 10.0 Å². The second-order valence-electron chi connectivity index (χ2n) is 5.74. The van der Waals surface area contributed by atoms with Gasteiger partial charge in [0.2, 0.25) is 15.8 Å². The lowest BCUT2D eigenvalue weighted by Gasteiger charge is -2.05. The number of benzene rings is 2. The van der Waals surface area contributed by atoms with Crippen molar-refractivity contribution in [2.75, 3.05) is 11.0 Å². The van der Waals surface area contributed by atoms with E-state index in [1.165, 1.54) is 24.3 Å². The number of ketones is 1. The van der Waals surface area contributed by atoms with Crippen molar-refractivity contribution in [3.05, 3.63) is 71.4 Å². The molecule has 0 saturated carbocycles. The third-order valence-electron chi connectivity index (χ3n) is 3.74. The Balaban J connectivity index is 1.91. The molecule has 0 aliphatic carbocycles. The summed E-state index contributed by atoms with van der Waals surface area (Å²) in [6, 6.07) is 15.5. The van der Waals surface area contributed by atoms with E-state index in [0.29, 0.717) is 11.3 Å². The first-order chi connectivity index (χ1) is 12.4. The van der Waals surface area contributed by atoms with Gasteiger partial charge in [0.15, 0.2) is 0 Å². The molecule has 7 heteroatoms. The van der Waals surface area contributed by atoms with Gasteiger partial charge in [-0.2, -0.15) is 5.26 Å². The summed E-state index contributed by atoms with van der Waals surface area (Å²) in [5, 5.41) is 10.3. The van der Waals surface area contributed by atoms with Gasteiger partial charge in [0.1, 0.15) is 11.6 Å². The Hall–Kier alpha value is -3.37. The minimum atomic E-state index is -3.39. The monoisotopic (exact) mass is 365 g/mol. The lowest BCUT2D eigenvalue weighted by molar-refractivity contribution is 0.104. The first-order valence-corrected chi connectivity index (χ1v) is 9.57. The van der Waals surface area contributed by atoms with E-state index in [0.717, 1.165) is 22.7 Å². The van der Waals surface area contributed by atoms with Crippen LogP contribution in [0.1, 0.15) is 15.9 Å². The highest BCUT2D eigenvalue weighted by atomic mass is 32.2. The Kier molecular flexibility index (Phi) is 4.61. The van der Waals surface area contributed by atoms with Crippen molar-refractivity contribution in [2.24, 2.45) is 0 Å². The Morgan fingerprint density at radius 2 is 1.85 bits per heavy atom. The van der Waals surface area contributed by atoms with Gasteiger partial charge in [-0.25, -0.2) is 8.42 Å². The number of anilines is 1. The Morgan fingerprint density at radius 1 is 1.15 bits per heavy atom. The summed E-state index contributed by atoms with van der Waals surface area (Å²) in [6.45, 7) is 0. The number of rotatable bonds is 5. The average Bonchev–Trinajstić information content (AvgIpc) is 3.01. The van der Waals surface area contributed by atoms with Crippen LogP contribution in [0.25, 0.3) is 17.0 Å². The maximum Gasteiger partial charge on any atom is 0.229 e. The number of Topliss-reactive ketones (excluding diaryl/α,β-unsaturated/α-hetero) is 1. The topological polar surface area (TPSA) is 103 Å². The molecule has 0 amide bonds. The highest BCUT2D eigenvalue weighted by Gasteiger charge is 2.13. The summed E-state index contributed by atoms with van der Waals surface area (Å²) >= 11 is 0. The molecule has 0 atom stereocenters. The van der Waals surface area contributed by atoms with Gasteiger partial charge in [-0.3, -0.25) is 9.52 Å². The van der Waals surface area contributed by atoms with Gasteiger partial charge in [-0.05, 0) is 36.4 Å². The van der Waals surface area contributed by atoms with Crippen LogP contribution in [0.4, 0.5) is 5.69 Å². The van der Waals surface area contributed by atoms with Crippen molar-refractivity contribution in [1.82, 2.24) is 4.98 Å². The molecule has 0 unspecified atom stereocenters. The van der Waals surface area contributed by atoms with Crippen molar-refractivity contribution < 1.29 is 13.2 Å². The number of nitrogens with zero attached hydrogens (tertiary/aromatic N) is 1. The average molecular weight is 365 g/mol. The molecule has 130 valence electrons. The molecule has 1 aromatic heterocycles. The maximum atomic E-state index is 12.6. The zero-order valence-corrected chi connectivity index (χ0v) is 14.7. The number of nitriles is 1. The van der Waals surface area contributed by atoms with Crippen LogP contribution in [0.5, 0.6) is 0 Å². The van der Waals surface area contributed by atoms with Crippen LogP contribution in [0.15, 0.2) is 60.3 Å². The molecule has 3 aromatic rings. The molecule has 3 rings (SSSR count). The molecular formula is C19H15N3O3S. The van der Waals surface area contributed by atoms with E-state index in [2.05, 4.69) is 9.71 Å². The molecule has 0 aliphatic heterocycles.